The molecule has 7 nitrogen and oxygen atoms in total. The smallest absolute Gasteiger partial charge is 0.179 e. The monoisotopic (exact) mass is 391 g/mol. The van der Waals surface area contributed by atoms with E-state index in [1.807, 2.05) is 12.1 Å². The Morgan fingerprint density at radius 1 is 1.15 bits per heavy atom. The first kappa shape index (κ1) is 18.5. The Labute approximate surface area is 164 Å². The zero-order valence-electron chi connectivity index (χ0n) is 15.9. The van der Waals surface area contributed by atoms with E-state index in [0.29, 0.717) is 22.4 Å². The van der Waals surface area contributed by atoms with Gasteiger partial charge in [-0.15, -0.1) is 10.2 Å². The summed E-state index contributed by atoms with van der Waals surface area (Å²) in [6, 6.07) is 3.95. The highest BCUT2D eigenvalue weighted by Crippen LogP contribution is 2.38. The van der Waals surface area contributed by atoms with E-state index in [-0.39, 0.29) is 0 Å². The third kappa shape index (κ3) is 3.63. The van der Waals surface area contributed by atoms with Gasteiger partial charge in [0, 0.05) is 25.6 Å². The molecule has 1 N–H and O–H groups in total. The van der Waals surface area contributed by atoms with Crippen LogP contribution in [0.25, 0.3) is 0 Å². The number of piperidine rings is 1. The summed E-state index contributed by atoms with van der Waals surface area (Å²) in [5.74, 6) is 3.99. The van der Waals surface area contributed by atoms with Gasteiger partial charge in [0.2, 0.25) is 0 Å². The molecular formula is C19H26ClN5O2. The van der Waals surface area contributed by atoms with Crippen LogP contribution in [0.5, 0.6) is 11.5 Å². The van der Waals surface area contributed by atoms with E-state index in [1.165, 1.54) is 0 Å². The zero-order valence-corrected chi connectivity index (χ0v) is 16.6. The normalized spacial score (nSPS) is 18.3. The number of nitrogens with zero attached hydrogens (tertiary/aromatic N) is 4. The van der Waals surface area contributed by atoms with E-state index < -0.39 is 0 Å². The van der Waals surface area contributed by atoms with Crippen LogP contribution < -0.4 is 14.8 Å². The van der Waals surface area contributed by atoms with E-state index in [2.05, 4.69) is 25.0 Å². The van der Waals surface area contributed by atoms with E-state index in [0.717, 1.165) is 69.3 Å². The van der Waals surface area contributed by atoms with Gasteiger partial charge >= 0.3 is 0 Å². The molecule has 0 unspecified atom stereocenters. The molecular weight excluding hydrogens is 366 g/mol. The minimum atomic E-state index is 0.487. The highest BCUT2D eigenvalue weighted by atomic mass is 35.5. The quantitative estimate of drug-likeness (QED) is 0.844. The molecule has 8 heteroatoms. The average molecular weight is 392 g/mol. The summed E-state index contributed by atoms with van der Waals surface area (Å²) in [5, 5.41) is 12.8. The first-order valence-electron chi connectivity index (χ1n) is 9.45. The molecule has 4 rings (SSSR count). The predicted molar refractivity (Wildman–Crippen MR) is 104 cm³/mol. The van der Waals surface area contributed by atoms with Crippen molar-refractivity contribution in [1.82, 2.24) is 25.0 Å². The molecule has 0 saturated carbocycles. The maximum atomic E-state index is 6.54. The lowest BCUT2D eigenvalue weighted by molar-refractivity contribution is 0.199. The van der Waals surface area contributed by atoms with Crippen LogP contribution in [0.3, 0.4) is 0 Å². The van der Waals surface area contributed by atoms with Crippen LogP contribution >= 0.6 is 11.6 Å². The minimum absolute atomic E-state index is 0.487. The molecule has 2 aromatic rings. The SMILES string of the molecule is COc1ccc(CN2CCC(c3nnc4n3CCNC4)CC2)c(Cl)c1OC. The van der Waals surface area contributed by atoms with Crippen molar-refractivity contribution < 1.29 is 9.47 Å². The van der Waals surface area contributed by atoms with Crippen LogP contribution in [0.2, 0.25) is 5.02 Å². The highest BCUT2D eigenvalue weighted by molar-refractivity contribution is 6.33. The zero-order chi connectivity index (χ0) is 18.8. The molecule has 27 heavy (non-hydrogen) atoms. The lowest BCUT2D eigenvalue weighted by Crippen LogP contribution is -2.34. The number of nitrogens with one attached hydrogen (secondary N) is 1. The van der Waals surface area contributed by atoms with E-state index in [4.69, 9.17) is 21.1 Å². The van der Waals surface area contributed by atoms with E-state index in [9.17, 15) is 0 Å². The van der Waals surface area contributed by atoms with Crippen LogP contribution in [0.1, 0.15) is 36.0 Å². The Balaban J connectivity index is 1.41. The number of hydrogen-bond donors (Lipinski definition) is 1. The van der Waals surface area contributed by atoms with Gasteiger partial charge in [0.1, 0.15) is 11.6 Å². The molecule has 0 bridgehead atoms. The fourth-order valence-electron chi connectivity index (χ4n) is 4.06. The van der Waals surface area contributed by atoms with Gasteiger partial charge in [0.05, 0.1) is 25.8 Å². The number of hydrogen-bond acceptors (Lipinski definition) is 6. The maximum absolute atomic E-state index is 6.54. The summed E-state index contributed by atoms with van der Waals surface area (Å²) in [6.45, 7) is 5.65. The van der Waals surface area contributed by atoms with Crippen molar-refractivity contribution in [3.8, 4) is 11.5 Å². The summed E-state index contributed by atoms with van der Waals surface area (Å²) in [6.07, 6.45) is 2.19. The van der Waals surface area contributed by atoms with Crippen molar-refractivity contribution in [2.75, 3.05) is 33.9 Å². The molecule has 2 aliphatic rings. The Hall–Kier alpha value is -1.83. The van der Waals surface area contributed by atoms with Crippen molar-refractivity contribution in [2.45, 2.75) is 38.4 Å². The molecule has 0 aliphatic carbocycles. The largest absolute Gasteiger partial charge is 0.493 e. The molecule has 1 aromatic carbocycles. The number of rotatable bonds is 5. The molecule has 1 aromatic heterocycles. The Morgan fingerprint density at radius 3 is 2.70 bits per heavy atom. The van der Waals surface area contributed by atoms with E-state index >= 15 is 0 Å². The topological polar surface area (TPSA) is 64.4 Å². The van der Waals surface area contributed by atoms with Crippen molar-refractivity contribution in [3.63, 3.8) is 0 Å². The van der Waals surface area contributed by atoms with Crippen molar-refractivity contribution in [1.29, 1.82) is 0 Å². The summed E-state index contributed by atoms with van der Waals surface area (Å²) < 4.78 is 13.0. The first-order chi connectivity index (χ1) is 13.2. The van der Waals surface area contributed by atoms with Gasteiger partial charge < -0.3 is 19.4 Å². The van der Waals surface area contributed by atoms with Gasteiger partial charge in [-0.25, -0.2) is 0 Å². The lowest BCUT2D eigenvalue weighted by Gasteiger charge is -2.32. The molecule has 0 radical (unpaired) electrons. The lowest BCUT2D eigenvalue weighted by atomic mass is 9.95. The molecule has 3 heterocycles. The van der Waals surface area contributed by atoms with Crippen molar-refractivity contribution in [3.05, 3.63) is 34.4 Å². The number of halogens is 1. The average Bonchev–Trinajstić information content (AvgIpc) is 3.14. The third-order valence-corrected chi connectivity index (χ3v) is 5.98. The van der Waals surface area contributed by atoms with Gasteiger partial charge in [0.15, 0.2) is 11.5 Å². The molecule has 1 saturated heterocycles. The summed E-state index contributed by atoms with van der Waals surface area (Å²) in [7, 11) is 3.24. The molecule has 1 fully saturated rings. The Morgan fingerprint density at radius 2 is 1.96 bits per heavy atom. The van der Waals surface area contributed by atoms with Crippen LogP contribution in [-0.2, 0) is 19.6 Å². The molecule has 0 amide bonds. The molecule has 2 aliphatic heterocycles. The molecule has 0 atom stereocenters. The van der Waals surface area contributed by atoms with Crippen LogP contribution in [0, 0.1) is 0 Å². The Kier molecular flexibility index (Phi) is 5.52. The maximum Gasteiger partial charge on any atom is 0.179 e. The van der Waals surface area contributed by atoms with Gasteiger partial charge in [-0.05, 0) is 37.6 Å². The van der Waals surface area contributed by atoms with Gasteiger partial charge in [-0.2, -0.15) is 0 Å². The fourth-order valence-corrected chi connectivity index (χ4v) is 4.35. The number of likely N-dealkylation sites (tertiary alicyclic amines) is 1. The number of benzene rings is 1. The van der Waals surface area contributed by atoms with Crippen LogP contribution in [-0.4, -0.2) is 53.5 Å². The van der Waals surface area contributed by atoms with Gasteiger partial charge in [-0.1, -0.05) is 17.7 Å². The highest BCUT2D eigenvalue weighted by Gasteiger charge is 2.27. The Bertz CT molecular complexity index is 802. The predicted octanol–water partition coefficient (Wildman–Crippen LogP) is 2.43. The van der Waals surface area contributed by atoms with Crippen LogP contribution in [0.15, 0.2) is 12.1 Å². The van der Waals surface area contributed by atoms with E-state index in [1.54, 1.807) is 14.2 Å². The van der Waals surface area contributed by atoms with Crippen LogP contribution in [0.4, 0.5) is 0 Å². The summed E-state index contributed by atoms with van der Waals surface area (Å²) in [4.78, 5) is 2.44. The first-order valence-corrected chi connectivity index (χ1v) is 9.83. The molecule has 146 valence electrons. The second-order valence-corrected chi connectivity index (χ2v) is 7.51. The second kappa shape index (κ2) is 8.04. The number of fused-ring (bicyclic) bond motifs is 1. The van der Waals surface area contributed by atoms with Gasteiger partial charge in [-0.3, -0.25) is 4.90 Å². The number of methoxy groups -OCH3 is 2. The third-order valence-electron chi connectivity index (χ3n) is 5.56. The number of ether oxygens (including phenoxy) is 2. The standard InChI is InChI=1S/C19H26ClN5O2/c1-26-15-4-3-14(17(20)18(15)27-2)12-24-8-5-13(6-9-24)19-23-22-16-11-21-7-10-25(16)19/h3-4,13,21H,5-12H2,1-2H3. The number of aromatic nitrogens is 3. The van der Waals surface area contributed by atoms with Gasteiger partial charge in [0.25, 0.3) is 0 Å². The second-order valence-electron chi connectivity index (χ2n) is 7.13. The summed E-state index contributed by atoms with van der Waals surface area (Å²) in [5.41, 5.74) is 1.07. The van der Waals surface area contributed by atoms with Crippen molar-refractivity contribution >= 4 is 11.6 Å². The fraction of sp³-hybridized carbons (Fsp3) is 0.579. The molecule has 0 spiro atoms. The summed E-state index contributed by atoms with van der Waals surface area (Å²) >= 11 is 6.54. The minimum Gasteiger partial charge on any atom is -0.493 e. The van der Waals surface area contributed by atoms with Crippen molar-refractivity contribution in [2.24, 2.45) is 0 Å².